The quantitative estimate of drug-likeness (QED) is 0.820. The number of hydrogen-bond donors (Lipinski definition) is 1. The topological polar surface area (TPSA) is 101 Å². The van der Waals surface area contributed by atoms with E-state index in [1.807, 2.05) is 19.9 Å². The molecule has 0 bridgehead atoms. The maximum atomic E-state index is 13.2. The van der Waals surface area contributed by atoms with Crippen LogP contribution in [0.25, 0.3) is 0 Å². The first-order chi connectivity index (χ1) is 13.8. The van der Waals surface area contributed by atoms with E-state index in [4.69, 9.17) is 4.74 Å². The molecule has 0 radical (unpaired) electrons. The Morgan fingerprint density at radius 1 is 1.14 bits per heavy atom. The van der Waals surface area contributed by atoms with Gasteiger partial charge in [0.05, 0.1) is 11.4 Å². The Balaban J connectivity index is 1.52. The van der Waals surface area contributed by atoms with Gasteiger partial charge in [-0.05, 0) is 62.9 Å². The molecule has 1 saturated heterocycles. The van der Waals surface area contributed by atoms with E-state index in [0.717, 1.165) is 23.4 Å². The molecule has 2 aromatic rings. The monoisotopic (exact) mass is 416 g/mol. The average Bonchev–Trinajstić information content (AvgIpc) is 2.67. The fourth-order valence-electron chi connectivity index (χ4n) is 3.78. The number of aryl methyl sites for hydroxylation is 3. The van der Waals surface area contributed by atoms with E-state index in [1.54, 1.807) is 18.2 Å². The predicted octanol–water partition coefficient (Wildman–Crippen LogP) is 2.21. The van der Waals surface area contributed by atoms with Crippen molar-refractivity contribution in [2.24, 2.45) is 0 Å². The average molecular weight is 417 g/mol. The number of aromatic nitrogens is 2. The van der Waals surface area contributed by atoms with Gasteiger partial charge in [-0.25, -0.2) is 18.4 Å². The maximum Gasteiger partial charge on any atom is 0.317 e. The van der Waals surface area contributed by atoms with Gasteiger partial charge in [0.1, 0.15) is 6.10 Å². The summed E-state index contributed by atoms with van der Waals surface area (Å²) in [6.45, 7) is 4.45. The fraction of sp³-hybridized carbons (Fsp3) is 0.450. The number of amides is 1. The van der Waals surface area contributed by atoms with E-state index in [2.05, 4.69) is 15.3 Å². The number of carbonyl (C=O) groups is 1. The first-order valence-corrected chi connectivity index (χ1v) is 11.2. The molecule has 8 nitrogen and oxygen atoms in total. The number of nitrogens with zero attached hydrogens (tertiary/aromatic N) is 3. The standard InChI is InChI=1S/C20H24N4O4S/c1-13-10-14(2)22-20(21-13)28-16-4-3-9-24(12-16)29(26,27)17-6-7-18-15(11-17)5-8-19(25)23-18/h6-7,10-11,16H,3-5,8-9,12H2,1-2H3,(H,23,25). The summed E-state index contributed by atoms with van der Waals surface area (Å²) in [6, 6.07) is 7.04. The van der Waals surface area contributed by atoms with E-state index in [-0.39, 0.29) is 29.5 Å². The molecule has 2 aliphatic heterocycles. The Bertz CT molecular complexity index is 1030. The summed E-state index contributed by atoms with van der Waals surface area (Å²) >= 11 is 0. The first kappa shape index (κ1) is 19.8. The van der Waals surface area contributed by atoms with Crippen LogP contribution < -0.4 is 10.1 Å². The lowest BCUT2D eigenvalue weighted by Gasteiger charge is -2.32. The summed E-state index contributed by atoms with van der Waals surface area (Å²) in [5, 5.41) is 2.78. The fourth-order valence-corrected chi connectivity index (χ4v) is 5.35. The molecule has 1 unspecified atom stereocenters. The molecule has 1 fully saturated rings. The lowest BCUT2D eigenvalue weighted by molar-refractivity contribution is -0.116. The maximum absolute atomic E-state index is 13.2. The van der Waals surface area contributed by atoms with Crippen molar-refractivity contribution in [2.75, 3.05) is 18.4 Å². The lowest BCUT2D eigenvalue weighted by atomic mass is 10.0. The normalized spacial score (nSPS) is 20.1. The number of fused-ring (bicyclic) bond motifs is 1. The summed E-state index contributed by atoms with van der Waals surface area (Å²) in [7, 11) is -3.65. The van der Waals surface area contributed by atoms with Crippen LogP contribution in [0.4, 0.5) is 5.69 Å². The van der Waals surface area contributed by atoms with Crippen LogP contribution in [0.5, 0.6) is 6.01 Å². The summed E-state index contributed by atoms with van der Waals surface area (Å²) in [5.74, 6) is -0.0438. The molecule has 1 aromatic heterocycles. The molecule has 3 heterocycles. The summed E-state index contributed by atoms with van der Waals surface area (Å²) < 4.78 is 33.8. The van der Waals surface area contributed by atoms with E-state index < -0.39 is 10.0 Å². The molecule has 154 valence electrons. The van der Waals surface area contributed by atoms with Crippen LogP contribution in [0, 0.1) is 13.8 Å². The molecule has 1 atom stereocenters. The van der Waals surface area contributed by atoms with Crippen LogP contribution in [-0.2, 0) is 21.2 Å². The minimum absolute atomic E-state index is 0.0438. The Morgan fingerprint density at radius 3 is 2.66 bits per heavy atom. The smallest absolute Gasteiger partial charge is 0.317 e. The zero-order chi connectivity index (χ0) is 20.6. The Hall–Kier alpha value is -2.52. The van der Waals surface area contributed by atoms with Gasteiger partial charge in [-0.15, -0.1) is 0 Å². The number of carbonyl (C=O) groups excluding carboxylic acids is 1. The first-order valence-electron chi connectivity index (χ1n) is 9.73. The third-order valence-corrected chi connectivity index (χ3v) is 7.05. The number of nitrogens with one attached hydrogen (secondary N) is 1. The Labute approximate surface area is 170 Å². The highest BCUT2D eigenvalue weighted by Gasteiger charge is 2.32. The van der Waals surface area contributed by atoms with Gasteiger partial charge < -0.3 is 10.1 Å². The molecule has 1 N–H and O–H groups in total. The van der Waals surface area contributed by atoms with Gasteiger partial charge in [0.2, 0.25) is 15.9 Å². The van der Waals surface area contributed by atoms with E-state index in [1.165, 1.54) is 4.31 Å². The molecular formula is C20H24N4O4S. The van der Waals surface area contributed by atoms with Crippen molar-refractivity contribution < 1.29 is 17.9 Å². The van der Waals surface area contributed by atoms with Crippen molar-refractivity contribution in [3.8, 4) is 6.01 Å². The van der Waals surface area contributed by atoms with E-state index >= 15 is 0 Å². The third-order valence-electron chi connectivity index (χ3n) is 5.18. The van der Waals surface area contributed by atoms with Gasteiger partial charge in [0.15, 0.2) is 0 Å². The zero-order valence-electron chi connectivity index (χ0n) is 16.5. The minimum Gasteiger partial charge on any atom is -0.459 e. The van der Waals surface area contributed by atoms with Crippen molar-refractivity contribution in [1.29, 1.82) is 0 Å². The van der Waals surface area contributed by atoms with Crippen LogP contribution in [0.15, 0.2) is 29.2 Å². The minimum atomic E-state index is -3.65. The summed E-state index contributed by atoms with van der Waals surface area (Å²) in [4.78, 5) is 20.4. The highest BCUT2D eigenvalue weighted by atomic mass is 32.2. The van der Waals surface area contributed by atoms with Crippen LogP contribution in [0.3, 0.4) is 0 Å². The molecular weight excluding hydrogens is 392 g/mol. The van der Waals surface area contributed by atoms with E-state index in [0.29, 0.717) is 31.5 Å². The van der Waals surface area contributed by atoms with Crippen LogP contribution in [0.2, 0.25) is 0 Å². The molecule has 2 aliphatic rings. The summed E-state index contributed by atoms with van der Waals surface area (Å²) in [5.41, 5.74) is 3.16. The second-order valence-corrected chi connectivity index (χ2v) is 9.48. The zero-order valence-corrected chi connectivity index (χ0v) is 17.3. The summed E-state index contributed by atoms with van der Waals surface area (Å²) in [6.07, 6.45) is 2.07. The van der Waals surface area contributed by atoms with Gasteiger partial charge in [0.25, 0.3) is 0 Å². The number of rotatable bonds is 4. The predicted molar refractivity (Wildman–Crippen MR) is 107 cm³/mol. The molecule has 1 amide bonds. The van der Waals surface area contributed by atoms with Crippen molar-refractivity contribution in [2.45, 2.75) is 50.5 Å². The van der Waals surface area contributed by atoms with Crippen LogP contribution in [-0.4, -0.2) is 47.8 Å². The second kappa shape index (κ2) is 7.72. The number of benzene rings is 1. The van der Waals surface area contributed by atoms with Crippen LogP contribution >= 0.6 is 0 Å². The molecule has 0 spiro atoms. The third kappa shape index (κ3) is 4.25. The van der Waals surface area contributed by atoms with Crippen molar-refractivity contribution in [1.82, 2.24) is 14.3 Å². The van der Waals surface area contributed by atoms with Gasteiger partial charge >= 0.3 is 6.01 Å². The number of ether oxygens (including phenoxy) is 1. The molecule has 0 saturated carbocycles. The largest absolute Gasteiger partial charge is 0.459 e. The highest BCUT2D eigenvalue weighted by molar-refractivity contribution is 7.89. The van der Waals surface area contributed by atoms with Gasteiger partial charge in [-0.3, -0.25) is 4.79 Å². The number of anilines is 1. The lowest BCUT2D eigenvalue weighted by Crippen LogP contribution is -2.44. The molecule has 1 aromatic carbocycles. The molecule has 9 heteroatoms. The van der Waals surface area contributed by atoms with Gasteiger partial charge in [0, 0.05) is 30.0 Å². The molecule has 0 aliphatic carbocycles. The van der Waals surface area contributed by atoms with Crippen molar-refractivity contribution in [3.63, 3.8) is 0 Å². The highest BCUT2D eigenvalue weighted by Crippen LogP contribution is 2.28. The Kier molecular flexibility index (Phi) is 5.26. The van der Waals surface area contributed by atoms with Gasteiger partial charge in [-0.1, -0.05) is 0 Å². The molecule has 4 rings (SSSR count). The second-order valence-electron chi connectivity index (χ2n) is 7.55. The van der Waals surface area contributed by atoms with Crippen molar-refractivity contribution >= 4 is 21.6 Å². The van der Waals surface area contributed by atoms with Gasteiger partial charge in [-0.2, -0.15) is 4.31 Å². The van der Waals surface area contributed by atoms with E-state index in [9.17, 15) is 13.2 Å². The van der Waals surface area contributed by atoms with Crippen molar-refractivity contribution in [3.05, 3.63) is 41.2 Å². The Morgan fingerprint density at radius 2 is 1.90 bits per heavy atom. The number of hydrogen-bond acceptors (Lipinski definition) is 6. The number of sulfonamides is 1. The number of piperidine rings is 1. The van der Waals surface area contributed by atoms with Crippen LogP contribution in [0.1, 0.15) is 36.2 Å². The molecule has 29 heavy (non-hydrogen) atoms. The SMILES string of the molecule is Cc1cc(C)nc(OC2CCCN(S(=O)(=O)c3ccc4c(c3)CCC(=O)N4)C2)n1.